The minimum Gasteiger partial charge on any atom is -0.354 e. The number of hydrogen-bond donors (Lipinski definition) is 1. The van der Waals surface area contributed by atoms with E-state index in [0.717, 1.165) is 50.0 Å². The fraction of sp³-hybridized carbons (Fsp3) is 0.500. The molecule has 1 saturated heterocycles. The van der Waals surface area contributed by atoms with E-state index >= 15 is 0 Å². The molecule has 0 aromatic carbocycles. The van der Waals surface area contributed by atoms with E-state index in [9.17, 15) is 4.79 Å². The molecule has 7 heteroatoms. The number of fused-ring (bicyclic) bond motifs is 1. The van der Waals surface area contributed by atoms with Crippen LogP contribution in [0, 0.1) is 0 Å². The van der Waals surface area contributed by atoms with Gasteiger partial charge in [0, 0.05) is 37.3 Å². The third-order valence-electron chi connectivity index (χ3n) is 4.80. The Morgan fingerprint density at radius 1 is 1.16 bits per heavy atom. The molecule has 1 aliphatic carbocycles. The van der Waals surface area contributed by atoms with E-state index in [4.69, 9.17) is 0 Å². The lowest BCUT2D eigenvalue weighted by Crippen LogP contribution is -2.48. The molecule has 1 fully saturated rings. The van der Waals surface area contributed by atoms with Crippen molar-refractivity contribution >= 4 is 28.2 Å². The second-order valence-electron chi connectivity index (χ2n) is 6.60. The smallest absolute Gasteiger partial charge is 0.240 e. The molecule has 3 heterocycles. The Morgan fingerprint density at radius 3 is 2.76 bits per heavy atom. The van der Waals surface area contributed by atoms with E-state index in [0.29, 0.717) is 6.54 Å². The fourth-order valence-corrected chi connectivity index (χ4v) is 4.51. The van der Waals surface area contributed by atoms with Gasteiger partial charge in [-0.25, -0.2) is 9.97 Å². The average Bonchev–Trinajstić information content (AvgIpc) is 3.05. The third-order valence-corrected chi connectivity index (χ3v) is 5.88. The van der Waals surface area contributed by atoms with Crippen LogP contribution in [0.5, 0.6) is 0 Å². The number of anilines is 2. The number of carbonyl (C=O) groups excluding carboxylic acids is 1. The van der Waals surface area contributed by atoms with Crippen LogP contribution >= 0.6 is 11.3 Å². The van der Waals surface area contributed by atoms with E-state index in [1.165, 1.54) is 23.4 Å². The highest BCUT2D eigenvalue weighted by Gasteiger charge is 2.21. The molecule has 0 bridgehead atoms. The number of nitrogens with one attached hydrogen (secondary N) is 1. The zero-order chi connectivity index (χ0) is 17.1. The van der Waals surface area contributed by atoms with Gasteiger partial charge in [0.05, 0.1) is 12.2 Å². The third kappa shape index (κ3) is 3.99. The molecule has 0 spiro atoms. The molecular formula is C18H23N5OS. The van der Waals surface area contributed by atoms with Crippen molar-refractivity contribution in [3.8, 4) is 0 Å². The summed E-state index contributed by atoms with van der Waals surface area (Å²) in [5, 5.41) is 3.76. The molecule has 0 radical (unpaired) electrons. The monoisotopic (exact) mass is 357 g/mol. The summed E-state index contributed by atoms with van der Waals surface area (Å²) < 4.78 is 0. The van der Waals surface area contributed by atoms with Crippen molar-refractivity contribution in [2.45, 2.75) is 25.7 Å². The van der Waals surface area contributed by atoms with Crippen molar-refractivity contribution in [2.75, 3.05) is 42.9 Å². The average molecular weight is 357 g/mol. The van der Waals surface area contributed by atoms with Gasteiger partial charge in [-0.15, -0.1) is 11.3 Å². The number of rotatable bonds is 4. The maximum atomic E-state index is 12.3. The van der Waals surface area contributed by atoms with Crippen LogP contribution in [0.1, 0.15) is 23.4 Å². The van der Waals surface area contributed by atoms with E-state index in [1.54, 1.807) is 11.3 Å². The molecule has 1 amide bonds. The summed E-state index contributed by atoms with van der Waals surface area (Å²) in [5.41, 5.74) is 1.19. The number of carbonyl (C=O) groups is 1. The van der Waals surface area contributed by atoms with Crippen molar-refractivity contribution in [1.29, 1.82) is 0 Å². The van der Waals surface area contributed by atoms with Gasteiger partial charge in [-0.1, -0.05) is 6.07 Å². The van der Waals surface area contributed by atoms with E-state index in [2.05, 4.69) is 25.1 Å². The summed E-state index contributed by atoms with van der Waals surface area (Å²) in [6.07, 6.45) is 6.44. The number of thiazole rings is 1. The lowest BCUT2D eigenvalue weighted by Gasteiger charge is -2.34. The number of piperazine rings is 1. The second kappa shape index (κ2) is 7.49. The number of amides is 1. The van der Waals surface area contributed by atoms with Gasteiger partial charge in [0.25, 0.3) is 0 Å². The quantitative estimate of drug-likeness (QED) is 0.909. The predicted octanol–water partition coefficient (Wildman–Crippen LogP) is 2.18. The highest BCUT2D eigenvalue weighted by molar-refractivity contribution is 7.15. The number of hydrogen-bond acceptors (Lipinski definition) is 6. The second-order valence-corrected chi connectivity index (χ2v) is 7.68. The van der Waals surface area contributed by atoms with Crippen LogP contribution in [0.25, 0.3) is 0 Å². The summed E-state index contributed by atoms with van der Waals surface area (Å²) in [4.78, 5) is 27.1. The van der Waals surface area contributed by atoms with Gasteiger partial charge in [-0.2, -0.15) is 0 Å². The largest absolute Gasteiger partial charge is 0.354 e. The molecule has 0 unspecified atom stereocenters. The molecular weight excluding hydrogens is 334 g/mol. The normalized spacial score (nSPS) is 18.0. The number of aryl methyl sites for hydroxylation is 2. The Bertz CT molecular complexity index is 701. The van der Waals surface area contributed by atoms with Gasteiger partial charge in [-0.3, -0.25) is 9.69 Å². The van der Waals surface area contributed by atoms with Gasteiger partial charge in [0.2, 0.25) is 5.91 Å². The van der Waals surface area contributed by atoms with Crippen LogP contribution in [-0.2, 0) is 17.6 Å². The van der Waals surface area contributed by atoms with Gasteiger partial charge in [0.1, 0.15) is 5.82 Å². The van der Waals surface area contributed by atoms with Crippen LogP contribution in [0.4, 0.5) is 10.9 Å². The summed E-state index contributed by atoms with van der Waals surface area (Å²) >= 11 is 1.65. The first-order valence-corrected chi connectivity index (χ1v) is 9.76. The maximum Gasteiger partial charge on any atom is 0.240 e. The molecule has 1 aliphatic heterocycles. The summed E-state index contributed by atoms with van der Waals surface area (Å²) in [5.74, 6) is 1.05. The topological polar surface area (TPSA) is 61.4 Å². The van der Waals surface area contributed by atoms with Crippen LogP contribution in [-0.4, -0.2) is 53.5 Å². The number of pyridine rings is 1. The predicted molar refractivity (Wildman–Crippen MR) is 100 cm³/mol. The Labute approximate surface area is 151 Å². The van der Waals surface area contributed by atoms with Crippen LogP contribution < -0.4 is 10.2 Å². The van der Waals surface area contributed by atoms with Gasteiger partial charge < -0.3 is 10.2 Å². The highest BCUT2D eigenvalue weighted by Crippen LogP contribution is 2.29. The number of aromatic nitrogens is 2. The Hall–Kier alpha value is -1.99. The minimum atomic E-state index is 0.0392. The van der Waals surface area contributed by atoms with Crippen LogP contribution in [0.3, 0.4) is 0 Å². The molecule has 0 atom stereocenters. The van der Waals surface area contributed by atoms with Crippen molar-refractivity contribution in [3.05, 3.63) is 35.0 Å². The molecule has 6 nitrogen and oxygen atoms in total. The number of nitrogens with zero attached hydrogens (tertiary/aromatic N) is 4. The van der Waals surface area contributed by atoms with Gasteiger partial charge >= 0.3 is 0 Å². The van der Waals surface area contributed by atoms with E-state index in [-0.39, 0.29) is 5.91 Å². The lowest BCUT2D eigenvalue weighted by atomic mass is 10.0. The molecule has 2 aromatic rings. The zero-order valence-electron chi connectivity index (χ0n) is 14.3. The van der Waals surface area contributed by atoms with Crippen LogP contribution in [0.15, 0.2) is 24.4 Å². The summed E-state index contributed by atoms with van der Waals surface area (Å²) in [6.45, 7) is 3.97. The molecule has 4 rings (SSSR count). The molecule has 25 heavy (non-hydrogen) atoms. The molecule has 2 aliphatic rings. The Balaban J connectivity index is 1.27. The van der Waals surface area contributed by atoms with Gasteiger partial charge in [-0.05, 0) is 37.8 Å². The lowest BCUT2D eigenvalue weighted by molar-refractivity contribution is -0.117. The van der Waals surface area contributed by atoms with Crippen molar-refractivity contribution in [3.63, 3.8) is 0 Å². The standard InChI is InChI=1S/C18H23N5OS/c24-17(21-18-20-14-5-1-2-6-15(14)25-18)13-22-9-11-23(12-10-22)16-7-3-4-8-19-16/h3-4,7-8H,1-2,5-6,9-13H2,(H,20,21,24). The van der Waals surface area contributed by atoms with Crippen molar-refractivity contribution in [1.82, 2.24) is 14.9 Å². The summed E-state index contributed by atoms with van der Waals surface area (Å²) in [7, 11) is 0. The molecule has 1 N–H and O–H groups in total. The zero-order valence-corrected chi connectivity index (χ0v) is 15.1. The minimum absolute atomic E-state index is 0.0392. The maximum absolute atomic E-state index is 12.3. The highest BCUT2D eigenvalue weighted by atomic mass is 32.1. The molecule has 0 saturated carbocycles. The van der Waals surface area contributed by atoms with Crippen LogP contribution in [0.2, 0.25) is 0 Å². The van der Waals surface area contributed by atoms with Crippen molar-refractivity contribution < 1.29 is 4.79 Å². The van der Waals surface area contributed by atoms with Crippen molar-refractivity contribution in [2.24, 2.45) is 0 Å². The Kier molecular flexibility index (Phi) is 4.94. The first kappa shape index (κ1) is 16.5. The summed E-state index contributed by atoms with van der Waals surface area (Å²) in [6, 6.07) is 5.98. The Morgan fingerprint density at radius 2 is 2.00 bits per heavy atom. The van der Waals surface area contributed by atoms with E-state index in [1.807, 2.05) is 24.4 Å². The first-order chi connectivity index (χ1) is 12.3. The molecule has 132 valence electrons. The van der Waals surface area contributed by atoms with E-state index < -0.39 is 0 Å². The van der Waals surface area contributed by atoms with Gasteiger partial charge in [0.15, 0.2) is 5.13 Å². The first-order valence-electron chi connectivity index (χ1n) is 8.95. The molecule has 2 aromatic heterocycles. The fourth-order valence-electron chi connectivity index (χ4n) is 3.44. The SMILES string of the molecule is O=C(CN1CCN(c2ccccn2)CC1)Nc1nc2c(s1)CCCC2.